The molecule has 0 saturated carbocycles. The summed E-state index contributed by atoms with van der Waals surface area (Å²) in [7, 11) is 0. The Kier molecular flexibility index (Phi) is 2.71. The van der Waals surface area contributed by atoms with Gasteiger partial charge in [0.25, 0.3) is 0 Å². The highest BCUT2D eigenvalue weighted by Gasteiger charge is 2.11. The highest BCUT2D eigenvalue weighted by atomic mass is 127. The first-order chi connectivity index (χ1) is 4.70. The molecule has 0 bridgehead atoms. The van der Waals surface area contributed by atoms with Crippen molar-refractivity contribution >= 4 is 28.5 Å². The van der Waals surface area contributed by atoms with Gasteiger partial charge in [0.1, 0.15) is 0 Å². The quantitative estimate of drug-likeness (QED) is 0.598. The van der Waals surface area contributed by atoms with Gasteiger partial charge < -0.3 is 4.90 Å². The number of hydrogen-bond donors (Lipinski definition) is 0. The molecule has 2 nitrogen and oxygen atoms in total. The molecule has 1 amide bonds. The summed E-state index contributed by atoms with van der Waals surface area (Å²) < 4.78 is 1.37. The zero-order valence-electron chi connectivity index (χ0n) is 5.93. The molecule has 56 valence electrons. The van der Waals surface area contributed by atoms with E-state index >= 15 is 0 Å². The molecule has 0 atom stereocenters. The maximum absolute atomic E-state index is 10.8. The second-order valence-electron chi connectivity index (χ2n) is 2.37. The molecular weight excluding hydrogens is 241 g/mol. The number of halogens is 1. The molecule has 0 radical (unpaired) electrons. The predicted octanol–water partition coefficient (Wildman–Crippen LogP) is 1.56. The Morgan fingerprint density at radius 1 is 1.80 bits per heavy atom. The summed E-state index contributed by atoms with van der Waals surface area (Å²) in [4.78, 5) is 12.6. The molecule has 0 aromatic heterocycles. The van der Waals surface area contributed by atoms with Crippen molar-refractivity contribution in [2.75, 3.05) is 13.1 Å². The standard InChI is InChI=1S/C7H10INO/c1-6(10)9-4-2-7(8)3-5-9/h2H,3-5H2,1H3. The summed E-state index contributed by atoms with van der Waals surface area (Å²) in [6, 6.07) is 0. The van der Waals surface area contributed by atoms with E-state index in [1.165, 1.54) is 3.58 Å². The Bertz CT molecular complexity index is 176. The average Bonchev–Trinajstić information content (AvgIpc) is 1.88. The van der Waals surface area contributed by atoms with Crippen molar-refractivity contribution in [1.82, 2.24) is 4.90 Å². The van der Waals surface area contributed by atoms with Crippen LogP contribution in [0.3, 0.4) is 0 Å². The third-order valence-corrected chi connectivity index (χ3v) is 2.58. The summed E-state index contributed by atoms with van der Waals surface area (Å²) in [6.07, 6.45) is 3.13. The smallest absolute Gasteiger partial charge is 0.219 e. The molecule has 0 fully saturated rings. The van der Waals surface area contributed by atoms with Crippen LogP contribution in [0.25, 0.3) is 0 Å². The van der Waals surface area contributed by atoms with Crippen molar-refractivity contribution in [3.05, 3.63) is 9.66 Å². The fourth-order valence-electron chi connectivity index (χ4n) is 0.930. The van der Waals surface area contributed by atoms with Gasteiger partial charge in [-0.05, 0) is 32.6 Å². The molecule has 0 aromatic rings. The van der Waals surface area contributed by atoms with Crippen LogP contribution in [0.5, 0.6) is 0 Å². The highest BCUT2D eigenvalue weighted by Crippen LogP contribution is 2.16. The predicted molar refractivity (Wildman–Crippen MR) is 49.0 cm³/mol. The van der Waals surface area contributed by atoms with E-state index in [1.54, 1.807) is 6.92 Å². The molecule has 0 saturated heterocycles. The van der Waals surface area contributed by atoms with Crippen LogP contribution in [0.2, 0.25) is 0 Å². The molecule has 0 aromatic carbocycles. The third-order valence-electron chi connectivity index (χ3n) is 1.60. The first-order valence-corrected chi connectivity index (χ1v) is 4.38. The van der Waals surface area contributed by atoms with Crippen LogP contribution < -0.4 is 0 Å². The number of hydrogen-bond acceptors (Lipinski definition) is 1. The molecule has 0 aliphatic carbocycles. The third kappa shape index (κ3) is 1.97. The van der Waals surface area contributed by atoms with Crippen molar-refractivity contribution in [3.63, 3.8) is 0 Å². The molecular formula is C7H10INO. The summed E-state index contributed by atoms with van der Waals surface area (Å²) >= 11 is 2.31. The fourth-order valence-corrected chi connectivity index (χ4v) is 1.37. The van der Waals surface area contributed by atoms with E-state index in [9.17, 15) is 4.79 Å². The van der Waals surface area contributed by atoms with Crippen LogP contribution in [0.15, 0.2) is 9.66 Å². The molecule has 0 unspecified atom stereocenters. The second-order valence-corrected chi connectivity index (χ2v) is 3.75. The monoisotopic (exact) mass is 251 g/mol. The number of carbonyl (C=O) groups is 1. The highest BCUT2D eigenvalue weighted by molar-refractivity contribution is 14.1. The number of carbonyl (C=O) groups excluding carboxylic acids is 1. The topological polar surface area (TPSA) is 20.3 Å². The lowest BCUT2D eigenvalue weighted by atomic mass is 10.2. The lowest BCUT2D eigenvalue weighted by molar-refractivity contribution is -0.128. The number of amides is 1. The Labute approximate surface area is 74.4 Å². The van der Waals surface area contributed by atoms with Gasteiger partial charge in [0.05, 0.1) is 0 Å². The summed E-state index contributed by atoms with van der Waals surface area (Å²) in [5, 5.41) is 0. The van der Waals surface area contributed by atoms with Crippen molar-refractivity contribution in [1.29, 1.82) is 0 Å². The first kappa shape index (κ1) is 8.04. The van der Waals surface area contributed by atoms with E-state index < -0.39 is 0 Å². The van der Waals surface area contributed by atoms with Crippen molar-refractivity contribution in [2.24, 2.45) is 0 Å². The van der Waals surface area contributed by atoms with E-state index in [2.05, 4.69) is 28.7 Å². The van der Waals surface area contributed by atoms with Gasteiger partial charge in [-0.15, -0.1) is 0 Å². The Morgan fingerprint density at radius 3 is 2.90 bits per heavy atom. The zero-order valence-corrected chi connectivity index (χ0v) is 8.09. The Balaban J connectivity index is 2.50. The van der Waals surface area contributed by atoms with Crippen LogP contribution in [0.1, 0.15) is 13.3 Å². The lowest BCUT2D eigenvalue weighted by Crippen LogP contribution is -2.32. The van der Waals surface area contributed by atoms with Gasteiger partial charge in [-0.3, -0.25) is 4.79 Å². The van der Waals surface area contributed by atoms with Gasteiger partial charge in [-0.2, -0.15) is 0 Å². The normalized spacial score (nSPS) is 18.6. The van der Waals surface area contributed by atoms with Crippen molar-refractivity contribution in [2.45, 2.75) is 13.3 Å². The number of rotatable bonds is 0. The Morgan fingerprint density at radius 2 is 2.50 bits per heavy atom. The van der Waals surface area contributed by atoms with Crippen LogP contribution >= 0.6 is 22.6 Å². The maximum Gasteiger partial charge on any atom is 0.219 e. The van der Waals surface area contributed by atoms with Gasteiger partial charge in [0.15, 0.2) is 0 Å². The Hall–Kier alpha value is -0.0600. The van der Waals surface area contributed by atoms with E-state index in [4.69, 9.17) is 0 Å². The molecule has 1 heterocycles. The van der Waals surface area contributed by atoms with Gasteiger partial charge in [0.2, 0.25) is 5.91 Å². The van der Waals surface area contributed by atoms with E-state index in [0.29, 0.717) is 0 Å². The van der Waals surface area contributed by atoms with Gasteiger partial charge in [-0.25, -0.2) is 0 Å². The van der Waals surface area contributed by atoms with Gasteiger partial charge >= 0.3 is 0 Å². The van der Waals surface area contributed by atoms with Crippen LogP contribution in [0.4, 0.5) is 0 Å². The summed E-state index contributed by atoms with van der Waals surface area (Å²) in [6.45, 7) is 3.31. The van der Waals surface area contributed by atoms with E-state index in [-0.39, 0.29) is 5.91 Å². The van der Waals surface area contributed by atoms with E-state index in [0.717, 1.165) is 19.5 Å². The maximum atomic E-state index is 10.8. The zero-order chi connectivity index (χ0) is 7.56. The summed E-state index contributed by atoms with van der Waals surface area (Å²) in [5.74, 6) is 0.181. The molecule has 0 spiro atoms. The van der Waals surface area contributed by atoms with Crippen LogP contribution in [0, 0.1) is 0 Å². The molecule has 1 aliphatic heterocycles. The number of nitrogens with zero attached hydrogens (tertiary/aromatic N) is 1. The minimum Gasteiger partial charge on any atom is -0.339 e. The second kappa shape index (κ2) is 3.37. The minimum atomic E-state index is 0.181. The average molecular weight is 251 g/mol. The lowest BCUT2D eigenvalue weighted by Gasteiger charge is -2.23. The molecule has 1 rings (SSSR count). The van der Waals surface area contributed by atoms with Crippen molar-refractivity contribution < 1.29 is 4.79 Å². The molecule has 10 heavy (non-hydrogen) atoms. The van der Waals surface area contributed by atoms with Crippen LogP contribution in [-0.2, 0) is 4.79 Å². The SMILES string of the molecule is CC(=O)N1CC=C(I)CC1. The van der Waals surface area contributed by atoms with E-state index in [1.807, 2.05) is 4.90 Å². The molecule has 1 aliphatic rings. The first-order valence-electron chi connectivity index (χ1n) is 3.30. The molecule has 3 heteroatoms. The van der Waals surface area contributed by atoms with Crippen LogP contribution in [-0.4, -0.2) is 23.9 Å². The van der Waals surface area contributed by atoms with Gasteiger partial charge in [-0.1, -0.05) is 6.08 Å². The van der Waals surface area contributed by atoms with Crippen molar-refractivity contribution in [3.8, 4) is 0 Å². The largest absolute Gasteiger partial charge is 0.339 e. The minimum absolute atomic E-state index is 0.181. The fraction of sp³-hybridized carbons (Fsp3) is 0.571. The molecule has 0 N–H and O–H groups in total. The van der Waals surface area contributed by atoms with Gasteiger partial charge in [0, 0.05) is 20.0 Å². The summed E-state index contributed by atoms with van der Waals surface area (Å²) in [5.41, 5.74) is 0.